The molecule has 0 aromatic carbocycles. The topological polar surface area (TPSA) is 93.9 Å². The predicted octanol–water partition coefficient (Wildman–Crippen LogP) is 3.43. The van der Waals surface area contributed by atoms with Gasteiger partial charge in [0.1, 0.15) is 40.8 Å². The van der Waals surface area contributed by atoms with Crippen LogP contribution in [0.25, 0.3) is 0 Å². The van der Waals surface area contributed by atoms with Gasteiger partial charge in [-0.3, -0.25) is 4.57 Å². The van der Waals surface area contributed by atoms with E-state index >= 15 is 0 Å². The molecule has 11 nitrogen and oxygen atoms in total. The molecule has 0 bridgehead atoms. The maximum absolute atomic E-state index is 12.9. The summed E-state index contributed by atoms with van der Waals surface area (Å²) >= 11 is 3.37. The Morgan fingerprint density at radius 1 is 1.24 bits per heavy atom. The van der Waals surface area contributed by atoms with Gasteiger partial charge < -0.3 is 33.6 Å². The molecule has 4 heterocycles. The maximum Gasteiger partial charge on any atom is 0.350 e. The first-order valence-electron chi connectivity index (χ1n) is 14.3. The van der Waals surface area contributed by atoms with Gasteiger partial charge in [-0.25, -0.2) is 9.79 Å². The summed E-state index contributed by atoms with van der Waals surface area (Å²) in [6, 6.07) is 2.15. The quantitative estimate of drug-likeness (QED) is 0.329. The van der Waals surface area contributed by atoms with E-state index < -0.39 is 0 Å². The number of likely N-dealkylation sites (N-methyl/N-ethyl adjacent to an activating group) is 1. The van der Waals surface area contributed by atoms with Crippen molar-refractivity contribution in [3.05, 3.63) is 35.0 Å². The van der Waals surface area contributed by atoms with Crippen LogP contribution in [0.1, 0.15) is 45.9 Å². The normalized spacial score (nSPS) is 25.4. The number of aromatic nitrogens is 2. The fourth-order valence-corrected chi connectivity index (χ4v) is 7.41. The summed E-state index contributed by atoms with van der Waals surface area (Å²) in [7, 11) is 5.47. The Morgan fingerprint density at radius 3 is 2.66 bits per heavy atom. The Labute approximate surface area is 252 Å². The van der Waals surface area contributed by atoms with Gasteiger partial charge in [0, 0.05) is 57.5 Å². The van der Waals surface area contributed by atoms with Gasteiger partial charge in [-0.05, 0) is 52.7 Å². The molecule has 0 amide bonds. The van der Waals surface area contributed by atoms with Crippen LogP contribution in [0, 0.1) is 0 Å². The third-order valence-corrected chi connectivity index (χ3v) is 10.3. The monoisotopic (exact) mass is 610 g/mol. The molecular formula is C28H46N6O5S2. The third-order valence-electron chi connectivity index (χ3n) is 7.97. The summed E-state index contributed by atoms with van der Waals surface area (Å²) in [5, 5.41) is -0.0889. The molecule has 0 radical (unpaired) electrons. The second-order valence-corrected chi connectivity index (χ2v) is 13.7. The van der Waals surface area contributed by atoms with E-state index in [0.717, 1.165) is 31.0 Å². The summed E-state index contributed by atoms with van der Waals surface area (Å²) in [5.74, 6) is 2.59. The number of ether oxygens (including phenoxy) is 4. The van der Waals surface area contributed by atoms with Crippen molar-refractivity contribution in [3.63, 3.8) is 0 Å². The van der Waals surface area contributed by atoms with Gasteiger partial charge in [0.15, 0.2) is 0 Å². The van der Waals surface area contributed by atoms with Crippen molar-refractivity contribution in [2.24, 2.45) is 4.99 Å². The molecular weight excluding hydrogens is 564 g/mol. The lowest BCUT2D eigenvalue weighted by Gasteiger charge is -2.40. The van der Waals surface area contributed by atoms with Gasteiger partial charge in [-0.15, -0.1) is 23.5 Å². The van der Waals surface area contributed by atoms with E-state index in [1.807, 2.05) is 12.3 Å². The minimum Gasteiger partial charge on any atom is -0.381 e. The van der Waals surface area contributed by atoms with Gasteiger partial charge in [0.05, 0.1) is 19.8 Å². The fourth-order valence-electron chi connectivity index (χ4n) is 5.15. The first-order valence-corrected chi connectivity index (χ1v) is 16.3. The molecule has 0 aliphatic carbocycles. The number of methoxy groups -OCH3 is 2. The SMILES string of the molecule is CCN(c1ccn(C2CO[C@H](COC)S2)c(=O)n1)C(C)CCC(C)(C)N(C)C1=NCN([C@H]2CS[C@@H](COC)O2)C=C1. The van der Waals surface area contributed by atoms with E-state index in [-0.39, 0.29) is 39.7 Å². The first-order chi connectivity index (χ1) is 19.7. The van der Waals surface area contributed by atoms with Gasteiger partial charge in [-0.2, -0.15) is 4.98 Å². The molecule has 0 spiro atoms. The molecule has 2 fully saturated rings. The molecule has 0 saturated carbocycles. The molecule has 4 rings (SSSR count). The van der Waals surface area contributed by atoms with Crippen LogP contribution in [0.3, 0.4) is 0 Å². The highest BCUT2D eigenvalue weighted by Crippen LogP contribution is 2.35. The number of anilines is 1. The van der Waals surface area contributed by atoms with Gasteiger partial charge >= 0.3 is 5.69 Å². The van der Waals surface area contributed by atoms with Crippen molar-refractivity contribution in [1.29, 1.82) is 0 Å². The minimum absolute atomic E-state index is 0.0226. The number of rotatable bonds is 13. The Balaban J connectivity index is 1.31. The van der Waals surface area contributed by atoms with E-state index in [0.29, 0.717) is 32.3 Å². The van der Waals surface area contributed by atoms with Crippen molar-refractivity contribution in [2.75, 3.05) is 65.0 Å². The molecule has 5 atom stereocenters. The van der Waals surface area contributed by atoms with Crippen molar-refractivity contribution in [2.45, 2.75) is 74.6 Å². The maximum atomic E-state index is 12.9. The zero-order valence-electron chi connectivity index (χ0n) is 25.4. The predicted molar refractivity (Wildman–Crippen MR) is 167 cm³/mol. The van der Waals surface area contributed by atoms with Crippen molar-refractivity contribution < 1.29 is 18.9 Å². The van der Waals surface area contributed by atoms with Crippen LogP contribution in [0.15, 0.2) is 34.3 Å². The minimum atomic E-state index is -0.251. The van der Waals surface area contributed by atoms with E-state index in [2.05, 4.69) is 66.7 Å². The average Bonchev–Trinajstić information content (AvgIpc) is 3.63. The van der Waals surface area contributed by atoms with Crippen LogP contribution in [0.5, 0.6) is 0 Å². The molecule has 3 aliphatic heterocycles. The number of aliphatic imine (C=N–C) groups is 1. The van der Waals surface area contributed by atoms with E-state index in [9.17, 15) is 4.79 Å². The molecule has 1 aromatic heterocycles. The van der Waals surface area contributed by atoms with E-state index in [1.165, 1.54) is 0 Å². The van der Waals surface area contributed by atoms with E-state index in [1.54, 1.807) is 42.3 Å². The fraction of sp³-hybridized carbons (Fsp3) is 0.750. The van der Waals surface area contributed by atoms with Crippen molar-refractivity contribution >= 4 is 35.2 Å². The molecule has 1 aromatic rings. The Morgan fingerprint density at radius 2 is 2.00 bits per heavy atom. The molecule has 3 aliphatic rings. The summed E-state index contributed by atoms with van der Waals surface area (Å²) < 4.78 is 23.9. The van der Waals surface area contributed by atoms with Crippen LogP contribution >= 0.6 is 23.5 Å². The summed E-state index contributed by atoms with van der Waals surface area (Å²) in [6.45, 7) is 11.7. The molecule has 13 heteroatoms. The van der Waals surface area contributed by atoms with Crippen LogP contribution in [0.2, 0.25) is 0 Å². The van der Waals surface area contributed by atoms with Gasteiger partial charge in [-0.1, -0.05) is 0 Å². The molecule has 0 N–H and O–H groups in total. The molecule has 230 valence electrons. The molecule has 41 heavy (non-hydrogen) atoms. The summed E-state index contributed by atoms with van der Waals surface area (Å²) in [5.41, 5.74) is -0.345. The lowest BCUT2D eigenvalue weighted by atomic mass is 9.93. The highest BCUT2D eigenvalue weighted by molar-refractivity contribution is 8.00. The Hall–Kier alpha value is -1.77. The van der Waals surface area contributed by atoms with Crippen molar-refractivity contribution in [1.82, 2.24) is 19.4 Å². The number of nitrogens with zero attached hydrogens (tertiary/aromatic N) is 6. The van der Waals surface area contributed by atoms with Crippen LogP contribution < -0.4 is 10.6 Å². The Bertz CT molecular complexity index is 1120. The lowest BCUT2D eigenvalue weighted by molar-refractivity contribution is -0.0414. The third kappa shape index (κ3) is 7.99. The zero-order valence-corrected chi connectivity index (χ0v) is 27.0. The second kappa shape index (κ2) is 14.6. The molecule has 2 saturated heterocycles. The summed E-state index contributed by atoms with van der Waals surface area (Å²) in [4.78, 5) is 28.9. The standard InChI is InChI=1S/C28H46N6O5S2/c1-8-33(22-11-14-34(27(35)30-22)24-15-38-25(41-24)16-36-6)20(2)9-12-28(3,4)31(5)21-10-13-32(19-29-21)23-18-40-26(39-23)17-37-7/h10-11,13-14,20,23-26H,8-9,12,15-19H2,1-7H3/t20?,23-,24?,25+,26+/m1/s1. The van der Waals surface area contributed by atoms with Crippen LogP contribution in [-0.2, 0) is 18.9 Å². The number of amidine groups is 1. The van der Waals surface area contributed by atoms with Gasteiger partial charge in [0.2, 0.25) is 0 Å². The van der Waals surface area contributed by atoms with Crippen LogP contribution in [0.4, 0.5) is 5.82 Å². The second-order valence-electron chi connectivity index (χ2n) is 11.1. The first kappa shape index (κ1) is 32.2. The highest BCUT2D eigenvalue weighted by atomic mass is 32.2. The highest BCUT2D eigenvalue weighted by Gasteiger charge is 2.32. The molecule has 2 unspecified atom stereocenters. The Kier molecular flexibility index (Phi) is 11.5. The van der Waals surface area contributed by atoms with Crippen molar-refractivity contribution in [3.8, 4) is 0 Å². The smallest absolute Gasteiger partial charge is 0.350 e. The average molecular weight is 611 g/mol. The summed E-state index contributed by atoms with van der Waals surface area (Å²) in [6.07, 6.45) is 7.94. The number of thioether (sulfide) groups is 2. The number of hydrogen-bond acceptors (Lipinski definition) is 12. The van der Waals surface area contributed by atoms with E-state index in [4.69, 9.17) is 23.9 Å². The number of hydrogen-bond donors (Lipinski definition) is 0. The van der Waals surface area contributed by atoms with Crippen LogP contribution in [-0.4, -0.2) is 114 Å². The lowest BCUT2D eigenvalue weighted by Crippen LogP contribution is -2.47. The zero-order chi connectivity index (χ0) is 29.6. The largest absolute Gasteiger partial charge is 0.381 e. The van der Waals surface area contributed by atoms with Gasteiger partial charge in [0.25, 0.3) is 0 Å².